The third-order valence-electron chi connectivity index (χ3n) is 4.25. The maximum Gasteiger partial charge on any atom is 0.162 e. The van der Waals surface area contributed by atoms with E-state index in [9.17, 15) is 0 Å². The van der Waals surface area contributed by atoms with Crippen molar-refractivity contribution in [2.75, 3.05) is 66.1 Å². The van der Waals surface area contributed by atoms with Crippen LogP contribution in [-0.4, -0.2) is 66.1 Å². The Hall–Kier alpha value is -1.77. The first-order chi connectivity index (χ1) is 14.9. The van der Waals surface area contributed by atoms with Crippen molar-refractivity contribution in [3.8, 4) is 11.5 Å². The van der Waals surface area contributed by atoms with E-state index in [4.69, 9.17) is 28.4 Å². The van der Waals surface area contributed by atoms with E-state index in [0.29, 0.717) is 71.8 Å². The van der Waals surface area contributed by atoms with Crippen molar-refractivity contribution in [3.05, 3.63) is 54.1 Å². The average molecular weight is 435 g/mol. The molecule has 1 heterocycles. The van der Waals surface area contributed by atoms with Crippen molar-refractivity contribution in [2.24, 2.45) is 0 Å². The molecule has 0 saturated carbocycles. The standard InChI is InChI=1S/C23H30O6S/c1-2-4-20(5-3-1)19-30-21-6-7-22-23(18-21)29-17-15-27-13-11-25-9-8-24-10-12-26-14-16-28-22/h1-7,18H,8-17,19H2. The second-order valence-corrected chi connectivity index (χ2v) is 7.58. The first-order valence-corrected chi connectivity index (χ1v) is 11.3. The van der Waals surface area contributed by atoms with E-state index in [-0.39, 0.29) is 0 Å². The van der Waals surface area contributed by atoms with Gasteiger partial charge in [0.1, 0.15) is 13.2 Å². The van der Waals surface area contributed by atoms with Crippen LogP contribution in [0.3, 0.4) is 0 Å². The highest BCUT2D eigenvalue weighted by atomic mass is 32.2. The lowest BCUT2D eigenvalue weighted by atomic mass is 10.2. The lowest BCUT2D eigenvalue weighted by molar-refractivity contribution is -0.00842. The van der Waals surface area contributed by atoms with Crippen LogP contribution < -0.4 is 9.47 Å². The number of benzene rings is 2. The summed E-state index contributed by atoms with van der Waals surface area (Å²) in [6, 6.07) is 16.5. The summed E-state index contributed by atoms with van der Waals surface area (Å²) >= 11 is 1.77. The van der Waals surface area contributed by atoms with Gasteiger partial charge in [-0.15, -0.1) is 11.8 Å². The zero-order valence-corrected chi connectivity index (χ0v) is 18.1. The molecule has 7 heteroatoms. The van der Waals surface area contributed by atoms with Gasteiger partial charge in [0.25, 0.3) is 0 Å². The zero-order valence-electron chi connectivity index (χ0n) is 17.3. The number of rotatable bonds is 3. The van der Waals surface area contributed by atoms with Crippen molar-refractivity contribution < 1.29 is 28.4 Å². The molecule has 0 spiro atoms. The van der Waals surface area contributed by atoms with Crippen LogP contribution in [0.5, 0.6) is 11.5 Å². The van der Waals surface area contributed by atoms with Crippen LogP contribution >= 0.6 is 11.8 Å². The topological polar surface area (TPSA) is 55.4 Å². The second-order valence-electron chi connectivity index (χ2n) is 6.53. The monoisotopic (exact) mass is 434 g/mol. The van der Waals surface area contributed by atoms with Crippen LogP contribution in [0.4, 0.5) is 0 Å². The highest BCUT2D eigenvalue weighted by Gasteiger charge is 2.09. The van der Waals surface area contributed by atoms with Gasteiger partial charge in [-0.05, 0) is 23.8 Å². The summed E-state index contributed by atoms with van der Waals surface area (Å²) in [4.78, 5) is 1.13. The van der Waals surface area contributed by atoms with Crippen LogP contribution in [0.1, 0.15) is 5.56 Å². The molecule has 3 rings (SSSR count). The number of hydrogen-bond donors (Lipinski definition) is 0. The molecule has 30 heavy (non-hydrogen) atoms. The molecule has 0 N–H and O–H groups in total. The third-order valence-corrected chi connectivity index (χ3v) is 5.31. The molecule has 164 valence electrons. The molecule has 1 aliphatic heterocycles. The summed E-state index contributed by atoms with van der Waals surface area (Å²) < 4.78 is 33.9. The Kier molecular flexibility index (Phi) is 10.9. The Bertz CT molecular complexity index is 712. The lowest BCUT2D eigenvalue weighted by Crippen LogP contribution is -2.16. The molecule has 0 unspecified atom stereocenters. The molecule has 1 aliphatic rings. The van der Waals surface area contributed by atoms with E-state index < -0.39 is 0 Å². The predicted molar refractivity (Wildman–Crippen MR) is 117 cm³/mol. The Morgan fingerprint density at radius 1 is 0.567 bits per heavy atom. The van der Waals surface area contributed by atoms with Crippen molar-refractivity contribution >= 4 is 11.8 Å². The minimum Gasteiger partial charge on any atom is -0.487 e. The summed E-state index contributed by atoms with van der Waals surface area (Å²) in [6.07, 6.45) is 0. The minimum atomic E-state index is 0.447. The van der Waals surface area contributed by atoms with Gasteiger partial charge in [-0.25, -0.2) is 0 Å². The van der Waals surface area contributed by atoms with Gasteiger partial charge in [-0.3, -0.25) is 0 Å². The Labute approximate surface area is 182 Å². The summed E-state index contributed by atoms with van der Waals surface area (Å²) in [6.45, 7) is 5.14. The van der Waals surface area contributed by atoms with Gasteiger partial charge in [-0.1, -0.05) is 30.3 Å². The van der Waals surface area contributed by atoms with Gasteiger partial charge < -0.3 is 28.4 Å². The van der Waals surface area contributed by atoms with Gasteiger partial charge in [-0.2, -0.15) is 0 Å². The Morgan fingerprint density at radius 2 is 1.10 bits per heavy atom. The quantitative estimate of drug-likeness (QED) is 0.681. The number of hydrogen-bond acceptors (Lipinski definition) is 7. The molecule has 2 aromatic rings. The largest absolute Gasteiger partial charge is 0.487 e. The van der Waals surface area contributed by atoms with E-state index in [1.165, 1.54) is 5.56 Å². The molecular weight excluding hydrogens is 404 g/mol. The highest BCUT2D eigenvalue weighted by molar-refractivity contribution is 7.98. The molecule has 0 radical (unpaired) electrons. The number of thioether (sulfide) groups is 1. The summed E-state index contributed by atoms with van der Waals surface area (Å²) in [5, 5.41) is 0. The van der Waals surface area contributed by atoms with Crippen molar-refractivity contribution in [3.63, 3.8) is 0 Å². The molecule has 0 aromatic heterocycles. The van der Waals surface area contributed by atoms with Gasteiger partial charge in [0.2, 0.25) is 0 Å². The van der Waals surface area contributed by atoms with Crippen LogP contribution in [-0.2, 0) is 24.7 Å². The van der Waals surface area contributed by atoms with Crippen LogP contribution in [0.25, 0.3) is 0 Å². The van der Waals surface area contributed by atoms with Gasteiger partial charge in [0, 0.05) is 10.6 Å². The smallest absolute Gasteiger partial charge is 0.162 e. The average Bonchev–Trinajstić information content (AvgIpc) is 2.78. The maximum absolute atomic E-state index is 5.96. The SMILES string of the molecule is c1ccc(CSc2ccc3c(c2)OCCOCCOCCOCCOCCO3)cc1. The first-order valence-electron chi connectivity index (χ1n) is 10.3. The Balaban J connectivity index is 1.56. The molecule has 0 amide bonds. The first kappa shape index (κ1) is 22.9. The lowest BCUT2D eigenvalue weighted by Gasteiger charge is -2.15. The summed E-state index contributed by atoms with van der Waals surface area (Å²) in [5.41, 5.74) is 1.29. The highest BCUT2D eigenvalue weighted by Crippen LogP contribution is 2.33. The van der Waals surface area contributed by atoms with Crippen molar-refractivity contribution in [1.82, 2.24) is 0 Å². The van der Waals surface area contributed by atoms with Gasteiger partial charge >= 0.3 is 0 Å². The maximum atomic E-state index is 5.96. The van der Waals surface area contributed by atoms with Gasteiger partial charge in [0.05, 0.1) is 52.9 Å². The summed E-state index contributed by atoms with van der Waals surface area (Å²) in [5.74, 6) is 2.33. The van der Waals surface area contributed by atoms with E-state index in [2.05, 4.69) is 30.3 Å². The minimum absolute atomic E-state index is 0.447. The molecule has 0 atom stereocenters. The molecule has 2 aromatic carbocycles. The fourth-order valence-electron chi connectivity index (χ4n) is 2.73. The normalized spacial score (nSPS) is 17.6. The molecular formula is C23H30O6S. The van der Waals surface area contributed by atoms with Crippen molar-refractivity contribution in [1.29, 1.82) is 0 Å². The molecule has 0 fully saturated rings. The van der Waals surface area contributed by atoms with E-state index in [0.717, 1.165) is 16.4 Å². The molecule has 6 nitrogen and oxygen atoms in total. The molecule has 0 aliphatic carbocycles. The van der Waals surface area contributed by atoms with Gasteiger partial charge in [0.15, 0.2) is 11.5 Å². The Morgan fingerprint density at radius 3 is 1.70 bits per heavy atom. The number of ether oxygens (including phenoxy) is 6. The second kappa shape index (κ2) is 14.3. The van der Waals surface area contributed by atoms with E-state index >= 15 is 0 Å². The van der Waals surface area contributed by atoms with Crippen LogP contribution in [0, 0.1) is 0 Å². The predicted octanol–water partition coefficient (Wildman–Crippen LogP) is 3.82. The fourth-order valence-corrected chi connectivity index (χ4v) is 3.61. The van der Waals surface area contributed by atoms with E-state index in [1.807, 2.05) is 18.2 Å². The van der Waals surface area contributed by atoms with Crippen molar-refractivity contribution in [2.45, 2.75) is 10.6 Å². The van der Waals surface area contributed by atoms with Crippen LogP contribution in [0.2, 0.25) is 0 Å². The molecule has 0 bridgehead atoms. The summed E-state index contributed by atoms with van der Waals surface area (Å²) in [7, 11) is 0. The van der Waals surface area contributed by atoms with Crippen LogP contribution in [0.15, 0.2) is 53.4 Å². The number of fused-ring (bicyclic) bond motifs is 1. The molecule has 0 saturated heterocycles. The van der Waals surface area contributed by atoms with E-state index in [1.54, 1.807) is 11.8 Å². The third kappa shape index (κ3) is 8.93. The zero-order chi connectivity index (χ0) is 20.7. The fraction of sp³-hybridized carbons (Fsp3) is 0.478.